The van der Waals surface area contributed by atoms with Gasteiger partial charge in [-0.1, -0.05) is 12.8 Å². The largest absolute Gasteiger partial charge is 0.467 e. The van der Waals surface area contributed by atoms with Gasteiger partial charge in [-0.2, -0.15) is 0 Å². The van der Waals surface area contributed by atoms with Crippen molar-refractivity contribution in [3.63, 3.8) is 0 Å². The molecule has 0 unspecified atom stereocenters. The molecule has 2 aromatic heterocycles. The highest BCUT2D eigenvalue weighted by Gasteiger charge is 2.37. The van der Waals surface area contributed by atoms with E-state index in [1.54, 1.807) is 36.4 Å². The molecule has 10 heteroatoms. The van der Waals surface area contributed by atoms with E-state index in [1.807, 2.05) is 0 Å². The van der Waals surface area contributed by atoms with Crippen LogP contribution in [0.4, 0.5) is 5.69 Å². The van der Waals surface area contributed by atoms with Crippen molar-refractivity contribution in [1.82, 2.24) is 10.6 Å². The van der Waals surface area contributed by atoms with Crippen LogP contribution in [0.25, 0.3) is 0 Å². The number of carbonyl (C=O) groups is 3. The van der Waals surface area contributed by atoms with Gasteiger partial charge in [0.05, 0.1) is 19.1 Å². The number of rotatable bonds is 8. The first-order valence-corrected chi connectivity index (χ1v) is 11.5. The summed E-state index contributed by atoms with van der Waals surface area (Å²) in [6.45, 7) is -0.308. The molecule has 3 amide bonds. The molecule has 2 N–H and O–H groups in total. The monoisotopic (exact) mass is 479 g/mol. The highest BCUT2D eigenvalue weighted by atomic mass is 16.7. The summed E-state index contributed by atoms with van der Waals surface area (Å²) in [5, 5.41) is 5.62. The molecule has 0 radical (unpaired) electrons. The molecular weight excluding hydrogens is 454 g/mol. The van der Waals surface area contributed by atoms with Crippen molar-refractivity contribution in [2.45, 2.75) is 37.8 Å². The highest BCUT2D eigenvalue weighted by Crippen LogP contribution is 2.38. The molecule has 3 heterocycles. The number of nitrogens with zero attached hydrogens (tertiary/aromatic N) is 1. The summed E-state index contributed by atoms with van der Waals surface area (Å²) in [5.74, 6) is -0.0645. The van der Waals surface area contributed by atoms with Gasteiger partial charge in [-0.3, -0.25) is 19.3 Å². The number of nitrogens with one attached hydrogen (secondary N) is 2. The minimum atomic E-state index is -1.10. The van der Waals surface area contributed by atoms with E-state index in [-0.39, 0.29) is 31.0 Å². The Morgan fingerprint density at radius 3 is 2.49 bits per heavy atom. The minimum Gasteiger partial charge on any atom is -0.467 e. The number of carbonyl (C=O) groups excluding carboxylic acids is 3. The predicted molar refractivity (Wildman–Crippen MR) is 123 cm³/mol. The van der Waals surface area contributed by atoms with Crippen molar-refractivity contribution in [3.8, 4) is 11.5 Å². The molecule has 182 valence electrons. The second-order valence-corrected chi connectivity index (χ2v) is 8.37. The Morgan fingerprint density at radius 2 is 1.74 bits per heavy atom. The molecule has 5 rings (SSSR count). The molecule has 2 aliphatic rings. The van der Waals surface area contributed by atoms with Crippen LogP contribution in [-0.2, 0) is 9.59 Å². The molecule has 0 saturated heterocycles. The Labute approximate surface area is 201 Å². The molecule has 0 bridgehead atoms. The van der Waals surface area contributed by atoms with Crippen molar-refractivity contribution < 1.29 is 32.7 Å². The van der Waals surface area contributed by atoms with E-state index in [0.29, 0.717) is 22.9 Å². The van der Waals surface area contributed by atoms with Crippen molar-refractivity contribution in [3.05, 3.63) is 66.5 Å². The van der Waals surface area contributed by atoms with Crippen molar-refractivity contribution in [2.75, 3.05) is 18.2 Å². The lowest BCUT2D eigenvalue weighted by atomic mass is 10.1. The minimum absolute atomic E-state index is 0.0346. The third-order valence-electron chi connectivity index (χ3n) is 6.07. The van der Waals surface area contributed by atoms with Gasteiger partial charge in [-0.25, -0.2) is 0 Å². The molecular formula is C25H25N3O7. The number of amides is 3. The first-order valence-electron chi connectivity index (χ1n) is 11.5. The zero-order valence-corrected chi connectivity index (χ0v) is 18.9. The Balaban J connectivity index is 1.46. The van der Waals surface area contributed by atoms with E-state index in [9.17, 15) is 14.4 Å². The highest BCUT2D eigenvalue weighted by molar-refractivity contribution is 6.04. The van der Waals surface area contributed by atoms with Gasteiger partial charge in [0, 0.05) is 17.8 Å². The third kappa shape index (κ3) is 4.86. The van der Waals surface area contributed by atoms with Crippen molar-refractivity contribution in [2.24, 2.45) is 0 Å². The second kappa shape index (κ2) is 9.96. The zero-order chi connectivity index (χ0) is 24.2. The fourth-order valence-corrected chi connectivity index (χ4v) is 4.38. The topological polar surface area (TPSA) is 123 Å². The molecule has 3 aromatic rings. The number of hydrogen-bond acceptors (Lipinski definition) is 7. The maximum absolute atomic E-state index is 13.6. The molecule has 1 atom stereocenters. The van der Waals surface area contributed by atoms with Crippen LogP contribution in [0, 0.1) is 0 Å². The molecule has 35 heavy (non-hydrogen) atoms. The number of benzene rings is 1. The van der Waals surface area contributed by atoms with Gasteiger partial charge in [-0.05, 0) is 49.2 Å². The van der Waals surface area contributed by atoms with Gasteiger partial charge in [0.2, 0.25) is 12.7 Å². The number of furan rings is 2. The quantitative estimate of drug-likeness (QED) is 0.509. The smallest absolute Gasteiger partial charge is 0.287 e. The summed E-state index contributed by atoms with van der Waals surface area (Å²) in [7, 11) is 0. The van der Waals surface area contributed by atoms with Crippen LogP contribution in [0.5, 0.6) is 11.5 Å². The Hall–Kier alpha value is -4.21. The van der Waals surface area contributed by atoms with Gasteiger partial charge >= 0.3 is 0 Å². The van der Waals surface area contributed by atoms with Gasteiger partial charge in [-0.15, -0.1) is 0 Å². The Morgan fingerprint density at radius 1 is 0.971 bits per heavy atom. The molecule has 0 spiro atoms. The lowest BCUT2D eigenvalue weighted by molar-refractivity contribution is -0.127. The standard InChI is InChI=1S/C25H25N3O7/c29-22(14-26-24(30)20-8-4-12-33-20)28(17-9-10-18-21(13-17)35-15-34-18)23(19-7-3-11-32-19)25(31)27-16-5-1-2-6-16/h3-4,7-13,16,23H,1-2,5-6,14-15H2,(H,26,30)(H,27,31)/t23-/m1/s1. The summed E-state index contributed by atoms with van der Waals surface area (Å²) >= 11 is 0. The van der Waals surface area contributed by atoms with Gasteiger partial charge < -0.3 is 28.9 Å². The van der Waals surface area contributed by atoms with E-state index < -0.39 is 17.9 Å². The Kier molecular flexibility index (Phi) is 6.42. The van der Waals surface area contributed by atoms with Crippen LogP contribution < -0.4 is 25.0 Å². The molecule has 1 aromatic carbocycles. The fourth-order valence-electron chi connectivity index (χ4n) is 4.38. The zero-order valence-electron chi connectivity index (χ0n) is 18.9. The maximum atomic E-state index is 13.6. The van der Waals surface area contributed by atoms with Crippen LogP contribution >= 0.6 is 0 Å². The van der Waals surface area contributed by atoms with Gasteiger partial charge in [0.1, 0.15) is 5.76 Å². The molecule has 1 fully saturated rings. The molecule has 10 nitrogen and oxygen atoms in total. The normalized spacial score (nSPS) is 15.5. The van der Waals surface area contributed by atoms with E-state index in [4.69, 9.17) is 18.3 Å². The molecule has 1 saturated carbocycles. The fraction of sp³-hybridized carbons (Fsp3) is 0.320. The average Bonchev–Trinajstić information content (AvgIpc) is 3.68. The number of hydrogen-bond donors (Lipinski definition) is 2. The number of fused-ring (bicyclic) bond motifs is 1. The summed E-state index contributed by atoms with van der Waals surface area (Å²) in [6, 6.07) is 10.3. The first-order chi connectivity index (χ1) is 17.1. The van der Waals surface area contributed by atoms with Crippen LogP contribution in [-0.4, -0.2) is 37.1 Å². The van der Waals surface area contributed by atoms with E-state index in [0.717, 1.165) is 25.7 Å². The average molecular weight is 479 g/mol. The number of anilines is 1. The van der Waals surface area contributed by atoms with E-state index in [2.05, 4.69) is 10.6 Å². The van der Waals surface area contributed by atoms with Crippen molar-refractivity contribution in [1.29, 1.82) is 0 Å². The molecule has 1 aliphatic heterocycles. The van der Waals surface area contributed by atoms with Gasteiger partial charge in [0.25, 0.3) is 11.8 Å². The summed E-state index contributed by atoms with van der Waals surface area (Å²) in [5.41, 5.74) is 0.398. The SMILES string of the molecule is O=C(NCC(=O)N(c1ccc2c(c1)OCO2)[C@@H](C(=O)NC1CCCC1)c1ccco1)c1ccco1. The molecule has 1 aliphatic carbocycles. The third-order valence-corrected chi connectivity index (χ3v) is 6.07. The Bertz CT molecular complexity index is 1180. The van der Waals surface area contributed by atoms with Crippen LogP contribution in [0.1, 0.15) is 48.0 Å². The lowest BCUT2D eigenvalue weighted by Gasteiger charge is -2.31. The van der Waals surface area contributed by atoms with Crippen LogP contribution in [0.3, 0.4) is 0 Å². The van der Waals surface area contributed by atoms with E-state index >= 15 is 0 Å². The summed E-state index contributed by atoms with van der Waals surface area (Å²) in [6.07, 6.45) is 6.67. The lowest BCUT2D eigenvalue weighted by Crippen LogP contribution is -2.49. The number of ether oxygens (including phenoxy) is 2. The predicted octanol–water partition coefficient (Wildman–Crippen LogP) is 3.16. The first kappa shape index (κ1) is 22.6. The summed E-state index contributed by atoms with van der Waals surface area (Å²) in [4.78, 5) is 40.8. The van der Waals surface area contributed by atoms with Gasteiger partial charge in [0.15, 0.2) is 23.3 Å². The maximum Gasteiger partial charge on any atom is 0.287 e. The van der Waals surface area contributed by atoms with E-state index in [1.165, 1.54) is 23.5 Å². The van der Waals surface area contributed by atoms with Crippen LogP contribution in [0.2, 0.25) is 0 Å². The second-order valence-electron chi connectivity index (χ2n) is 8.37. The van der Waals surface area contributed by atoms with Crippen molar-refractivity contribution >= 4 is 23.4 Å². The summed E-state index contributed by atoms with van der Waals surface area (Å²) < 4.78 is 21.6. The van der Waals surface area contributed by atoms with Crippen LogP contribution in [0.15, 0.2) is 63.8 Å².